The first-order valence-corrected chi connectivity index (χ1v) is 11.3. The van der Waals surface area contributed by atoms with Crippen molar-refractivity contribution in [3.05, 3.63) is 77.9 Å². The number of fused-ring (bicyclic) bond motifs is 1. The van der Waals surface area contributed by atoms with E-state index < -0.39 is 10.0 Å². The fourth-order valence-electron chi connectivity index (χ4n) is 3.23. The largest absolute Gasteiger partial charge is 0.351 e. The topological polar surface area (TPSA) is 70.9 Å². The fourth-order valence-corrected chi connectivity index (χ4v) is 4.40. The third kappa shape index (κ3) is 5.44. The van der Waals surface area contributed by atoms with Gasteiger partial charge in [0.1, 0.15) is 6.54 Å². The Morgan fingerprint density at radius 2 is 1.57 bits per heavy atom. The SMILES string of the molecule is CN(CC(=O)NCc1ccc(C[NH+](C)C)cc1)S(=O)(=O)c1ccc2ccccc2c1. The lowest BCUT2D eigenvalue weighted by atomic mass is 10.1. The number of carbonyl (C=O) groups excluding carboxylic acids is 1. The molecule has 0 saturated carbocycles. The third-order valence-electron chi connectivity index (χ3n) is 4.87. The van der Waals surface area contributed by atoms with Crippen molar-refractivity contribution in [2.75, 3.05) is 27.7 Å². The summed E-state index contributed by atoms with van der Waals surface area (Å²) in [5.74, 6) is -0.344. The van der Waals surface area contributed by atoms with Crippen molar-refractivity contribution in [2.24, 2.45) is 0 Å². The second-order valence-electron chi connectivity index (χ2n) is 7.75. The predicted octanol–water partition coefficient (Wildman–Crippen LogP) is 1.42. The summed E-state index contributed by atoms with van der Waals surface area (Å²) in [6.45, 7) is 1.05. The van der Waals surface area contributed by atoms with Crippen LogP contribution in [0.5, 0.6) is 0 Å². The molecule has 3 rings (SSSR count). The molecule has 6 nitrogen and oxygen atoms in total. The van der Waals surface area contributed by atoms with Crippen LogP contribution in [0.3, 0.4) is 0 Å². The highest BCUT2D eigenvalue weighted by Gasteiger charge is 2.23. The number of likely N-dealkylation sites (N-methyl/N-ethyl adjacent to an activating group) is 1. The normalized spacial score (nSPS) is 11.9. The van der Waals surface area contributed by atoms with Gasteiger partial charge in [-0.2, -0.15) is 4.31 Å². The molecule has 0 aliphatic heterocycles. The second-order valence-corrected chi connectivity index (χ2v) is 9.79. The average molecular weight is 427 g/mol. The minimum Gasteiger partial charge on any atom is -0.351 e. The maximum atomic E-state index is 12.9. The molecule has 3 aromatic rings. The van der Waals surface area contributed by atoms with Gasteiger partial charge in [-0.1, -0.05) is 54.6 Å². The molecule has 3 aromatic carbocycles. The number of hydrogen-bond donors (Lipinski definition) is 2. The van der Waals surface area contributed by atoms with Crippen molar-refractivity contribution in [3.63, 3.8) is 0 Å². The van der Waals surface area contributed by atoms with Gasteiger partial charge in [-0.25, -0.2) is 8.42 Å². The average Bonchev–Trinajstić information content (AvgIpc) is 2.72. The zero-order chi connectivity index (χ0) is 21.7. The van der Waals surface area contributed by atoms with E-state index in [-0.39, 0.29) is 17.3 Å². The summed E-state index contributed by atoms with van der Waals surface area (Å²) in [6.07, 6.45) is 0. The van der Waals surface area contributed by atoms with Crippen molar-refractivity contribution in [1.29, 1.82) is 0 Å². The number of amides is 1. The van der Waals surface area contributed by atoms with Crippen LogP contribution in [0.25, 0.3) is 10.8 Å². The zero-order valence-corrected chi connectivity index (χ0v) is 18.4. The Morgan fingerprint density at radius 1 is 0.933 bits per heavy atom. The molecular weight excluding hydrogens is 398 g/mol. The summed E-state index contributed by atoms with van der Waals surface area (Å²) < 4.78 is 26.8. The van der Waals surface area contributed by atoms with Gasteiger partial charge in [0.2, 0.25) is 15.9 Å². The van der Waals surface area contributed by atoms with Gasteiger partial charge in [-0.3, -0.25) is 4.79 Å². The van der Waals surface area contributed by atoms with Crippen LogP contribution in [-0.2, 0) is 27.9 Å². The summed E-state index contributed by atoms with van der Waals surface area (Å²) >= 11 is 0. The molecule has 30 heavy (non-hydrogen) atoms. The summed E-state index contributed by atoms with van der Waals surface area (Å²) in [6, 6.07) is 20.6. The van der Waals surface area contributed by atoms with E-state index in [0.717, 1.165) is 27.2 Å². The number of sulfonamides is 1. The highest BCUT2D eigenvalue weighted by molar-refractivity contribution is 7.89. The molecule has 0 unspecified atom stereocenters. The highest BCUT2D eigenvalue weighted by atomic mass is 32.2. The van der Waals surface area contributed by atoms with Gasteiger partial charge < -0.3 is 10.2 Å². The van der Waals surface area contributed by atoms with Gasteiger partial charge in [0.05, 0.1) is 25.5 Å². The van der Waals surface area contributed by atoms with Crippen LogP contribution in [0.2, 0.25) is 0 Å². The van der Waals surface area contributed by atoms with Gasteiger partial charge in [-0.15, -0.1) is 0 Å². The maximum Gasteiger partial charge on any atom is 0.243 e. The number of carbonyl (C=O) groups is 1. The Bertz CT molecular complexity index is 1130. The van der Waals surface area contributed by atoms with Gasteiger partial charge >= 0.3 is 0 Å². The molecule has 0 radical (unpaired) electrons. The molecule has 0 aliphatic carbocycles. The van der Waals surface area contributed by atoms with Crippen molar-refractivity contribution in [2.45, 2.75) is 18.0 Å². The van der Waals surface area contributed by atoms with Crippen molar-refractivity contribution < 1.29 is 18.1 Å². The monoisotopic (exact) mass is 426 g/mol. The quantitative estimate of drug-likeness (QED) is 0.572. The Kier molecular flexibility index (Phi) is 6.87. The smallest absolute Gasteiger partial charge is 0.243 e. The molecule has 0 saturated heterocycles. The van der Waals surface area contributed by atoms with Crippen LogP contribution in [0.4, 0.5) is 0 Å². The van der Waals surface area contributed by atoms with Crippen molar-refractivity contribution >= 4 is 26.7 Å². The predicted molar refractivity (Wildman–Crippen MR) is 119 cm³/mol. The summed E-state index contributed by atoms with van der Waals surface area (Å²) in [5, 5.41) is 4.60. The Balaban J connectivity index is 1.59. The van der Waals surface area contributed by atoms with E-state index in [1.807, 2.05) is 48.5 Å². The first-order chi connectivity index (χ1) is 14.3. The molecule has 7 heteroatoms. The lowest BCUT2D eigenvalue weighted by molar-refractivity contribution is -0.872. The maximum absolute atomic E-state index is 12.9. The standard InChI is InChI=1S/C23H27N3O3S/c1-25(2)16-19-10-8-18(9-11-19)15-24-23(27)17-26(3)30(28,29)22-13-12-20-6-4-5-7-21(20)14-22/h4-14H,15-17H2,1-3H3,(H,24,27)/p+1. The molecule has 158 valence electrons. The van der Waals surface area contributed by atoms with Crippen LogP contribution in [-0.4, -0.2) is 46.3 Å². The van der Waals surface area contributed by atoms with Crippen molar-refractivity contribution in [1.82, 2.24) is 9.62 Å². The number of hydrogen-bond acceptors (Lipinski definition) is 3. The minimum atomic E-state index is -3.76. The third-order valence-corrected chi connectivity index (χ3v) is 6.67. The number of quaternary nitrogens is 1. The van der Waals surface area contributed by atoms with E-state index in [0.29, 0.717) is 6.54 Å². The molecule has 1 amide bonds. The summed E-state index contributed by atoms with van der Waals surface area (Å²) in [5.41, 5.74) is 2.20. The van der Waals surface area contributed by atoms with Crippen molar-refractivity contribution in [3.8, 4) is 0 Å². The van der Waals surface area contributed by atoms with Crippen LogP contribution in [0.15, 0.2) is 71.6 Å². The van der Waals surface area contributed by atoms with Gasteiger partial charge in [0.15, 0.2) is 0 Å². The molecule has 0 fully saturated rings. The van der Waals surface area contributed by atoms with E-state index in [1.54, 1.807) is 18.2 Å². The summed E-state index contributed by atoms with van der Waals surface area (Å²) in [4.78, 5) is 13.8. The van der Waals surface area contributed by atoms with E-state index in [9.17, 15) is 13.2 Å². The van der Waals surface area contributed by atoms with Gasteiger partial charge in [0, 0.05) is 19.2 Å². The number of nitrogens with one attached hydrogen (secondary N) is 2. The van der Waals surface area contributed by atoms with Crippen LogP contribution < -0.4 is 10.2 Å². The second kappa shape index (κ2) is 9.38. The van der Waals surface area contributed by atoms with Crippen LogP contribution >= 0.6 is 0 Å². The van der Waals surface area contributed by atoms with E-state index in [1.165, 1.54) is 17.5 Å². The molecule has 0 spiro atoms. The van der Waals surface area contributed by atoms with Crippen LogP contribution in [0.1, 0.15) is 11.1 Å². The van der Waals surface area contributed by atoms with Gasteiger partial charge in [-0.05, 0) is 28.5 Å². The lowest BCUT2D eigenvalue weighted by Crippen LogP contribution is -3.04. The summed E-state index contributed by atoms with van der Waals surface area (Å²) in [7, 11) is 1.85. The molecule has 0 atom stereocenters. The molecule has 2 N–H and O–H groups in total. The van der Waals surface area contributed by atoms with Gasteiger partial charge in [0.25, 0.3) is 0 Å². The fraction of sp³-hybridized carbons (Fsp3) is 0.261. The number of rotatable bonds is 8. The highest BCUT2D eigenvalue weighted by Crippen LogP contribution is 2.21. The minimum absolute atomic E-state index is 0.176. The Hall–Kier alpha value is -2.74. The molecular formula is C23H28N3O3S+. The molecule has 0 aliphatic rings. The zero-order valence-electron chi connectivity index (χ0n) is 17.6. The molecule has 0 bridgehead atoms. The first-order valence-electron chi connectivity index (χ1n) is 9.84. The number of benzene rings is 3. The van der Waals surface area contributed by atoms with E-state index in [4.69, 9.17) is 0 Å². The van der Waals surface area contributed by atoms with E-state index >= 15 is 0 Å². The van der Waals surface area contributed by atoms with Crippen LogP contribution in [0, 0.1) is 0 Å². The van der Waals surface area contributed by atoms with E-state index in [2.05, 4.69) is 19.4 Å². The number of nitrogens with zero attached hydrogens (tertiary/aromatic N) is 1. The Morgan fingerprint density at radius 3 is 2.23 bits per heavy atom. The first kappa shape index (κ1) is 22.0. The Labute approximate surface area is 178 Å². The molecule has 0 heterocycles. The molecule has 0 aromatic heterocycles. The lowest BCUT2D eigenvalue weighted by Gasteiger charge is -2.17.